The number of carbonyl (C=O) groups is 1. The molecule has 0 saturated carbocycles. The van der Waals surface area contributed by atoms with Crippen molar-refractivity contribution < 1.29 is 9.90 Å². The lowest BCUT2D eigenvalue weighted by Gasteiger charge is -2.03. The SMILES string of the molecule is Cc1cncnc1-c1ccc(C(=O)O)cc1. The fourth-order valence-corrected chi connectivity index (χ4v) is 1.47. The van der Waals surface area contributed by atoms with Crippen LogP contribution in [0.25, 0.3) is 11.3 Å². The average molecular weight is 214 g/mol. The highest BCUT2D eigenvalue weighted by atomic mass is 16.4. The van der Waals surface area contributed by atoms with Crippen LogP contribution in [0.4, 0.5) is 0 Å². The Morgan fingerprint density at radius 3 is 2.50 bits per heavy atom. The first-order valence-corrected chi connectivity index (χ1v) is 4.79. The molecule has 1 aromatic carbocycles. The Balaban J connectivity index is 2.43. The molecule has 1 aromatic heterocycles. The van der Waals surface area contributed by atoms with Crippen LogP contribution in [0, 0.1) is 6.92 Å². The smallest absolute Gasteiger partial charge is 0.335 e. The number of benzene rings is 1. The molecule has 0 atom stereocenters. The molecule has 0 radical (unpaired) electrons. The molecule has 0 aliphatic carbocycles. The highest BCUT2D eigenvalue weighted by molar-refractivity contribution is 5.88. The second-order valence-corrected chi connectivity index (χ2v) is 3.44. The summed E-state index contributed by atoms with van der Waals surface area (Å²) in [6.45, 7) is 1.92. The van der Waals surface area contributed by atoms with E-state index in [0.717, 1.165) is 16.8 Å². The molecule has 1 heterocycles. The molecule has 0 amide bonds. The standard InChI is InChI=1S/C12H10N2O2/c1-8-6-13-7-14-11(8)9-2-4-10(5-3-9)12(15)16/h2-7H,1H3,(H,15,16). The Morgan fingerprint density at radius 2 is 1.94 bits per heavy atom. The normalized spacial score (nSPS) is 10.1. The van der Waals surface area contributed by atoms with Gasteiger partial charge in [-0.1, -0.05) is 12.1 Å². The Hall–Kier alpha value is -2.23. The molecule has 0 bridgehead atoms. The van der Waals surface area contributed by atoms with Crippen LogP contribution in [0.3, 0.4) is 0 Å². The number of rotatable bonds is 2. The van der Waals surface area contributed by atoms with E-state index in [0.29, 0.717) is 0 Å². The van der Waals surface area contributed by atoms with Gasteiger partial charge in [-0.05, 0) is 24.6 Å². The molecule has 16 heavy (non-hydrogen) atoms. The van der Waals surface area contributed by atoms with Crippen LogP contribution in [-0.2, 0) is 0 Å². The highest BCUT2D eigenvalue weighted by Crippen LogP contribution is 2.20. The lowest BCUT2D eigenvalue weighted by Crippen LogP contribution is -1.96. The quantitative estimate of drug-likeness (QED) is 0.831. The van der Waals surface area contributed by atoms with Gasteiger partial charge in [0.05, 0.1) is 11.3 Å². The van der Waals surface area contributed by atoms with Gasteiger partial charge >= 0.3 is 5.97 Å². The first-order valence-electron chi connectivity index (χ1n) is 4.79. The first kappa shape index (κ1) is 10.3. The second kappa shape index (κ2) is 4.10. The maximum absolute atomic E-state index is 10.7. The van der Waals surface area contributed by atoms with Gasteiger partial charge in [-0.3, -0.25) is 0 Å². The zero-order chi connectivity index (χ0) is 11.5. The van der Waals surface area contributed by atoms with Gasteiger partial charge in [-0.25, -0.2) is 14.8 Å². The molecule has 0 spiro atoms. The molecule has 1 N–H and O–H groups in total. The average Bonchev–Trinajstić information content (AvgIpc) is 2.30. The second-order valence-electron chi connectivity index (χ2n) is 3.44. The monoisotopic (exact) mass is 214 g/mol. The van der Waals surface area contributed by atoms with E-state index in [4.69, 9.17) is 5.11 Å². The van der Waals surface area contributed by atoms with Crippen molar-refractivity contribution in [1.29, 1.82) is 0 Å². The molecular weight excluding hydrogens is 204 g/mol. The minimum Gasteiger partial charge on any atom is -0.478 e. The van der Waals surface area contributed by atoms with Crippen molar-refractivity contribution in [2.24, 2.45) is 0 Å². The van der Waals surface area contributed by atoms with Crippen LogP contribution in [-0.4, -0.2) is 21.0 Å². The van der Waals surface area contributed by atoms with Crippen molar-refractivity contribution in [3.8, 4) is 11.3 Å². The molecule has 0 aliphatic rings. The number of aromatic carboxylic acids is 1. The Labute approximate surface area is 92.6 Å². The maximum Gasteiger partial charge on any atom is 0.335 e. The number of hydrogen-bond acceptors (Lipinski definition) is 3. The third-order valence-electron chi connectivity index (χ3n) is 2.30. The van der Waals surface area contributed by atoms with Crippen molar-refractivity contribution in [2.45, 2.75) is 6.92 Å². The number of aryl methyl sites for hydroxylation is 1. The number of nitrogens with zero attached hydrogens (tertiary/aromatic N) is 2. The fraction of sp³-hybridized carbons (Fsp3) is 0.0833. The third kappa shape index (κ3) is 1.91. The van der Waals surface area contributed by atoms with Crippen molar-refractivity contribution in [3.05, 3.63) is 47.9 Å². The zero-order valence-corrected chi connectivity index (χ0v) is 8.71. The number of hydrogen-bond donors (Lipinski definition) is 1. The van der Waals surface area contributed by atoms with Gasteiger partial charge in [0.25, 0.3) is 0 Å². The summed E-state index contributed by atoms with van der Waals surface area (Å²) in [5.41, 5.74) is 2.96. The van der Waals surface area contributed by atoms with Crippen LogP contribution in [0.5, 0.6) is 0 Å². The van der Waals surface area contributed by atoms with E-state index in [9.17, 15) is 4.79 Å². The summed E-state index contributed by atoms with van der Waals surface area (Å²) in [6.07, 6.45) is 3.21. The number of aromatic nitrogens is 2. The lowest BCUT2D eigenvalue weighted by atomic mass is 10.1. The van der Waals surface area contributed by atoms with Gasteiger partial charge in [-0.2, -0.15) is 0 Å². The van der Waals surface area contributed by atoms with Crippen molar-refractivity contribution >= 4 is 5.97 Å². The fourth-order valence-electron chi connectivity index (χ4n) is 1.47. The van der Waals surface area contributed by atoms with E-state index in [1.807, 2.05) is 6.92 Å². The van der Waals surface area contributed by atoms with Crippen LogP contribution in [0.2, 0.25) is 0 Å². The van der Waals surface area contributed by atoms with Crippen LogP contribution in [0.15, 0.2) is 36.8 Å². The Bertz CT molecular complexity index is 521. The number of carboxylic acids is 1. The largest absolute Gasteiger partial charge is 0.478 e. The van der Waals surface area contributed by atoms with E-state index in [2.05, 4.69) is 9.97 Å². The van der Waals surface area contributed by atoms with Crippen LogP contribution < -0.4 is 0 Å². The van der Waals surface area contributed by atoms with Gasteiger partial charge in [0, 0.05) is 11.8 Å². The van der Waals surface area contributed by atoms with Crippen molar-refractivity contribution in [3.63, 3.8) is 0 Å². The Kier molecular flexibility index (Phi) is 2.64. The molecule has 4 heteroatoms. The summed E-state index contributed by atoms with van der Waals surface area (Å²) in [7, 11) is 0. The van der Waals surface area contributed by atoms with E-state index >= 15 is 0 Å². The molecule has 0 saturated heterocycles. The molecule has 4 nitrogen and oxygen atoms in total. The predicted octanol–water partition coefficient (Wildman–Crippen LogP) is 2.15. The molecule has 0 unspecified atom stereocenters. The summed E-state index contributed by atoms with van der Waals surface area (Å²) >= 11 is 0. The molecule has 2 rings (SSSR count). The summed E-state index contributed by atoms with van der Waals surface area (Å²) in [5, 5.41) is 8.78. The van der Waals surface area contributed by atoms with Crippen molar-refractivity contribution in [1.82, 2.24) is 9.97 Å². The Morgan fingerprint density at radius 1 is 1.25 bits per heavy atom. The summed E-state index contributed by atoms with van der Waals surface area (Å²) in [5.74, 6) is -0.925. The van der Waals surface area contributed by atoms with Crippen LogP contribution >= 0.6 is 0 Å². The van der Waals surface area contributed by atoms with Gasteiger partial charge in [-0.15, -0.1) is 0 Å². The van der Waals surface area contributed by atoms with E-state index < -0.39 is 5.97 Å². The lowest BCUT2D eigenvalue weighted by molar-refractivity contribution is 0.0697. The van der Waals surface area contributed by atoms with E-state index in [1.54, 1.807) is 30.5 Å². The molecule has 80 valence electrons. The van der Waals surface area contributed by atoms with Crippen molar-refractivity contribution in [2.75, 3.05) is 0 Å². The van der Waals surface area contributed by atoms with Gasteiger partial charge in [0.2, 0.25) is 0 Å². The minimum atomic E-state index is -0.925. The summed E-state index contributed by atoms with van der Waals surface area (Å²) in [6, 6.07) is 6.63. The zero-order valence-electron chi connectivity index (χ0n) is 8.71. The van der Waals surface area contributed by atoms with E-state index in [-0.39, 0.29) is 5.56 Å². The minimum absolute atomic E-state index is 0.274. The number of carboxylic acid groups (broad SMARTS) is 1. The first-order chi connectivity index (χ1) is 7.68. The topological polar surface area (TPSA) is 63.1 Å². The molecule has 0 fully saturated rings. The third-order valence-corrected chi connectivity index (χ3v) is 2.30. The highest BCUT2D eigenvalue weighted by Gasteiger charge is 2.05. The molecule has 2 aromatic rings. The van der Waals surface area contributed by atoms with Gasteiger partial charge in [0.15, 0.2) is 0 Å². The maximum atomic E-state index is 10.7. The van der Waals surface area contributed by atoms with Gasteiger partial charge < -0.3 is 5.11 Å². The van der Waals surface area contributed by atoms with Gasteiger partial charge in [0.1, 0.15) is 6.33 Å². The van der Waals surface area contributed by atoms with E-state index in [1.165, 1.54) is 6.33 Å². The molecule has 0 aliphatic heterocycles. The molecular formula is C12H10N2O2. The predicted molar refractivity (Wildman–Crippen MR) is 59.2 cm³/mol. The summed E-state index contributed by atoms with van der Waals surface area (Å²) < 4.78 is 0. The van der Waals surface area contributed by atoms with Crippen LogP contribution in [0.1, 0.15) is 15.9 Å². The summed E-state index contributed by atoms with van der Waals surface area (Å²) in [4.78, 5) is 18.8.